The van der Waals surface area contributed by atoms with Crippen LogP contribution in [-0.4, -0.2) is 39.5 Å². The Bertz CT molecular complexity index is 368. The van der Waals surface area contributed by atoms with Crippen LogP contribution in [0.1, 0.15) is 18.9 Å². The van der Waals surface area contributed by atoms with Crippen LogP contribution in [0.4, 0.5) is 8.78 Å². The quantitative estimate of drug-likeness (QED) is 0.671. The lowest BCUT2D eigenvalue weighted by molar-refractivity contribution is 0.0585. The largest absolute Gasteiger partial charge is 0.382 e. The molecule has 1 N–H and O–H groups in total. The molecular weight excluding hydrogens is 264 g/mol. The minimum atomic E-state index is -0.509. The Kier molecular flexibility index (Phi) is 8.34. The van der Waals surface area contributed by atoms with Gasteiger partial charge in [-0.05, 0) is 31.5 Å². The summed E-state index contributed by atoms with van der Waals surface area (Å²) in [6.07, 6.45) is 1.22. The Labute approximate surface area is 119 Å². The van der Waals surface area contributed by atoms with E-state index < -0.39 is 11.6 Å². The van der Waals surface area contributed by atoms with Crippen LogP contribution in [0.25, 0.3) is 0 Å². The van der Waals surface area contributed by atoms with E-state index in [1.807, 2.05) is 6.92 Å². The van der Waals surface area contributed by atoms with Crippen LogP contribution >= 0.6 is 0 Å². The zero-order chi connectivity index (χ0) is 14.8. The molecule has 3 nitrogen and oxygen atoms in total. The highest BCUT2D eigenvalue weighted by molar-refractivity contribution is 5.20. The van der Waals surface area contributed by atoms with Gasteiger partial charge in [0.15, 0.2) is 0 Å². The number of methoxy groups -OCH3 is 1. The zero-order valence-corrected chi connectivity index (χ0v) is 12.1. The van der Waals surface area contributed by atoms with E-state index in [2.05, 4.69) is 5.32 Å². The molecule has 1 atom stereocenters. The van der Waals surface area contributed by atoms with E-state index >= 15 is 0 Å². The summed E-state index contributed by atoms with van der Waals surface area (Å²) in [5.41, 5.74) is 0.108. The predicted octanol–water partition coefficient (Wildman–Crippen LogP) is 2.54. The molecule has 1 unspecified atom stereocenters. The number of benzene rings is 1. The van der Waals surface area contributed by atoms with Gasteiger partial charge < -0.3 is 14.8 Å². The molecule has 0 heterocycles. The molecule has 0 aliphatic rings. The Morgan fingerprint density at radius 2 is 1.90 bits per heavy atom. The molecule has 0 aliphatic carbocycles. The maximum atomic E-state index is 13.6. The van der Waals surface area contributed by atoms with Crippen molar-refractivity contribution in [2.75, 3.05) is 33.5 Å². The summed E-state index contributed by atoms with van der Waals surface area (Å²) in [6.45, 7) is 4.21. The van der Waals surface area contributed by atoms with Gasteiger partial charge in [0.05, 0.1) is 19.8 Å². The highest BCUT2D eigenvalue weighted by atomic mass is 19.1. The van der Waals surface area contributed by atoms with E-state index in [0.717, 1.165) is 13.0 Å². The van der Waals surface area contributed by atoms with Gasteiger partial charge in [0.2, 0.25) is 0 Å². The van der Waals surface area contributed by atoms with Gasteiger partial charge >= 0.3 is 0 Å². The fraction of sp³-hybridized carbons (Fsp3) is 0.600. The van der Waals surface area contributed by atoms with E-state index in [-0.39, 0.29) is 18.0 Å². The average Bonchev–Trinajstić information content (AvgIpc) is 2.44. The first-order chi connectivity index (χ1) is 9.69. The molecule has 114 valence electrons. The maximum absolute atomic E-state index is 13.6. The molecule has 0 radical (unpaired) electrons. The Morgan fingerprint density at radius 3 is 2.50 bits per heavy atom. The first-order valence-electron chi connectivity index (χ1n) is 6.92. The summed E-state index contributed by atoms with van der Waals surface area (Å²) >= 11 is 0. The lowest BCUT2D eigenvalue weighted by Crippen LogP contribution is -2.36. The molecule has 0 aromatic heterocycles. The molecule has 0 saturated heterocycles. The zero-order valence-electron chi connectivity index (χ0n) is 12.1. The van der Waals surface area contributed by atoms with Gasteiger partial charge in [-0.25, -0.2) is 8.78 Å². The van der Waals surface area contributed by atoms with Crippen molar-refractivity contribution in [2.45, 2.75) is 25.8 Å². The maximum Gasteiger partial charge on any atom is 0.129 e. The molecule has 0 aliphatic heterocycles. The van der Waals surface area contributed by atoms with E-state index in [1.54, 1.807) is 7.11 Å². The van der Waals surface area contributed by atoms with Crippen molar-refractivity contribution in [3.05, 3.63) is 35.4 Å². The Morgan fingerprint density at radius 1 is 1.20 bits per heavy atom. The molecule has 0 bridgehead atoms. The first-order valence-corrected chi connectivity index (χ1v) is 6.92. The molecule has 1 aromatic rings. The number of halogens is 2. The van der Waals surface area contributed by atoms with Gasteiger partial charge in [0.25, 0.3) is 0 Å². The third-order valence-corrected chi connectivity index (χ3v) is 2.95. The summed E-state index contributed by atoms with van der Waals surface area (Å²) in [5, 5.41) is 3.25. The number of rotatable bonds is 10. The van der Waals surface area contributed by atoms with Crippen molar-refractivity contribution in [1.29, 1.82) is 0 Å². The average molecular weight is 287 g/mol. The van der Waals surface area contributed by atoms with Crippen LogP contribution in [0.3, 0.4) is 0 Å². The van der Waals surface area contributed by atoms with Crippen LogP contribution in [0.5, 0.6) is 0 Å². The molecule has 0 saturated carbocycles. The normalized spacial score (nSPS) is 12.6. The first kappa shape index (κ1) is 17.0. The van der Waals surface area contributed by atoms with E-state index in [1.165, 1.54) is 18.2 Å². The molecule has 20 heavy (non-hydrogen) atoms. The Hall–Kier alpha value is -1.04. The van der Waals surface area contributed by atoms with E-state index in [9.17, 15) is 8.78 Å². The van der Waals surface area contributed by atoms with Gasteiger partial charge in [-0.2, -0.15) is 0 Å². The number of nitrogens with one attached hydrogen (secondary N) is 1. The van der Waals surface area contributed by atoms with Crippen molar-refractivity contribution >= 4 is 0 Å². The predicted molar refractivity (Wildman–Crippen MR) is 74.8 cm³/mol. The summed E-state index contributed by atoms with van der Waals surface area (Å²) < 4.78 is 37.6. The van der Waals surface area contributed by atoms with Crippen molar-refractivity contribution < 1.29 is 18.3 Å². The number of hydrogen-bond acceptors (Lipinski definition) is 3. The highest BCUT2D eigenvalue weighted by Gasteiger charge is 2.15. The standard InChI is InChI=1S/C15H23F2NO2/c1-3-7-18-12(11-20-9-8-19-2)10-13-14(16)5-4-6-15(13)17/h4-6,12,18H,3,7-11H2,1-2H3. The minimum Gasteiger partial charge on any atom is -0.382 e. The van der Waals surface area contributed by atoms with Gasteiger partial charge in [0, 0.05) is 18.7 Å². The molecule has 1 rings (SSSR count). The molecule has 0 fully saturated rings. The van der Waals surface area contributed by atoms with Crippen molar-refractivity contribution in [2.24, 2.45) is 0 Å². The molecule has 5 heteroatoms. The molecule has 0 amide bonds. The summed E-state index contributed by atoms with van der Waals surface area (Å²) in [4.78, 5) is 0. The van der Waals surface area contributed by atoms with Crippen molar-refractivity contribution in [3.63, 3.8) is 0 Å². The summed E-state index contributed by atoms with van der Waals surface area (Å²) in [7, 11) is 1.60. The number of ether oxygens (including phenoxy) is 2. The second kappa shape index (κ2) is 9.80. The molecule has 0 spiro atoms. The fourth-order valence-corrected chi connectivity index (χ4v) is 1.88. The lowest BCUT2D eigenvalue weighted by atomic mass is 10.0. The van der Waals surface area contributed by atoms with E-state index in [4.69, 9.17) is 9.47 Å². The van der Waals surface area contributed by atoms with Crippen LogP contribution in [0, 0.1) is 11.6 Å². The third-order valence-electron chi connectivity index (χ3n) is 2.95. The second-order valence-corrected chi connectivity index (χ2v) is 4.62. The smallest absolute Gasteiger partial charge is 0.129 e. The topological polar surface area (TPSA) is 30.5 Å². The number of hydrogen-bond donors (Lipinski definition) is 1. The summed E-state index contributed by atoms with van der Waals surface area (Å²) in [5.74, 6) is -1.02. The van der Waals surface area contributed by atoms with Crippen LogP contribution in [-0.2, 0) is 15.9 Å². The monoisotopic (exact) mass is 287 g/mol. The van der Waals surface area contributed by atoms with Gasteiger partial charge in [-0.3, -0.25) is 0 Å². The second-order valence-electron chi connectivity index (χ2n) is 4.62. The van der Waals surface area contributed by atoms with Crippen molar-refractivity contribution in [1.82, 2.24) is 5.32 Å². The van der Waals surface area contributed by atoms with Gasteiger partial charge in [-0.1, -0.05) is 13.0 Å². The fourth-order valence-electron chi connectivity index (χ4n) is 1.88. The van der Waals surface area contributed by atoms with Crippen LogP contribution < -0.4 is 5.32 Å². The van der Waals surface area contributed by atoms with E-state index in [0.29, 0.717) is 19.8 Å². The lowest BCUT2D eigenvalue weighted by Gasteiger charge is -2.19. The molecule has 1 aromatic carbocycles. The van der Waals surface area contributed by atoms with Crippen molar-refractivity contribution in [3.8, 4) is 0 Å². The highest BCUT2D eigenvalue weighted by Crippen LogP contribution is 2.14. The molecular formula is C15H23F2NO2. The van der Waals surface area contributed by atoms with Crippen LogP contribution in [0.2, 0.25) is 0 Å². The van der Waals surface area contributed by atoms with Gasteiger partial charge in [-0.15, -0.1) is 0 Å². The summed E-state index contributed by atoms with van der Waals surface area (Å²) in [6, 6.07) is 3.82. The Balaban J connectivity index is 2.58. The SMILES string of the molecule is CCCNC(COCCOC)Cc1c(F)cccc1F. The minimum absolute atomic E-state index is 0.108. The van der Waals surface area contributed by atoms with Crippen LogP contribution in [0.15, 0.2) is 18.2 Å². The third kappa shape index (κ3) is 5.94. The van der Waals surface area contributed by atoms with Gasteiger partial charge in [0.1, 0.15) is 11.6 Å².